The second-order valence-electron chi connectivity index (χ2n) is 5.08. The van der Waals surface area contributed by atoms with Crippen molar-refractivity contribution in [1.29, 1.82) is 0 Å². The molecular weight excluding hydrogens is 285 g/mol. The molecule has 0 radical (unpaired) electrons. The highest BCUT2D eigenvalue weighted by atomic mass is 19.1. The number of amides is 1. The minimum atomic E-state index is -0.527. The maximum atomic E-state index is 14.1. The summed E-state index contributed by atoms with van der Waals surface area (Å²) in [6, 6.07) is 13.5. The molecule has 1 aliphatic heterocycles. The summed E-state index contributed by atoms with van der Waals surface area (Å²) in [5.41, 5.74) is 0.0586. The minimum absolute atomic E-state index is 0.0586. The molecule has 1 aliphatic rings. The third kappa shape index (κ3) is 3.26. The van der Waals surface area contributed by atoms with Gasteiger partial charge in [-0.05, 0) is 30.7 Å². The summed E-state index contributed by atoms with van der Waals surface area (Å²) in [5, 5.41) is 2.62. The lowest BCUT2D eigenvalue weighted by Gasteiger charge is -2.14. The van der Waals surface area contributed by atoms with Crippen molar-refractivity contribution >= 4 is 11.6 Å². The van der Waals surface area contributed by atoms with E-state index in [1.165, 1.54) is 6.07 Å². The van der Waals surface area contributed by atoms with Gasteiger partial charge in [-0.25, -0.2) is 4.39 Å². The summed E-state index contributed by atoms with van der Waals surface area (Å²) < 4.78 is 24.9. The van der Waals surface area contributed by atoms with Gasteiger partial charge >= 0.3 is 0 Å². The third-order valence-corrected chi connectivity index (χ3v) is 3.50. The first-order valence-corrected chi connectivity index (χ1v) is 7.14. The van der Waals surface area contributed by atoms with E-state index in [2.05, 4.69) is 5.32 Å². The fourth-order valence-corrected chi connectivity index (χ4v) is 2.29. The van der Waals surface area contributed by atoms with Gasteiger partial charge in [-0.3, -0.25) is 4.79 Å². The van der Waals surface area contributed by atoms with Crippen LogP contribution < -0.4 is 10.1 Å². The van der Waals surface area contributed by atoms with E-state index in [0.717, 1.165) is 0 Å². The number of anilines is 1. The molecule has 0 saturated carbocycles. The summed E-state index contributed by atoms with van der Waals surface area (Å²) in [5.74, 6) is -0.170. The van der Waals surface area contributed by atoms with Crippen LogP contribution in [0.2, 0.25) is 0 Å². The molecule has 1 atom stereocenters. The van der Waals surface area contributed by atoms with Crippen LogP contribution in [0.15, 0.2) is 48.5 Å². The Morgan fingerprint density at radius 3 is 2.73 bits per heavy atom. The SMILES string of the molecule is O=C(Nc1c(F)cccc1Oc1ccccc1)[C@H]1CCOC1. The second-order valence-corrected chi connectivity index (χ2v) is 5.08. The zero-order valence-corrected chi connectivity index (χ0v) is 11.9. The Kier molecular flexibility index (Phi) is 4.34. The predicted molar refractivity (Wildman–Crippen MR) is 80.5 cm³/mol. The average molecular weight is 301 g/mol. The third-order valence-electron chi connectivity index (χ3n) is 3.50. The van der Waals surface area contributed by atoms with Crippen LogP contribution in [-0.2, 0) is 9.53 Å². The van der Waals surface area contributed by atoms with Crippen LogP contribution >= 0.6 is 0 Å². The van der Waals surface area contributed by atoms with Gasteiger partial charge in [-0.1, -0.05) is 24.3 Å². The molecule has 0 aromatic heterocycles. The van der Waals surface area contributed by atoms with Gasteiger partial charge in [0.2, 0.25) is 5.91 Å². The molecule has 114 valence electrons. The van der Waals surface area contributed by atoms with Crippen LogP contribution in [0.25, 0.3) is 0 Å². The quantitative estimate of drug-likeness (QED) is 0.938. The molecule has 0 unspecified atom stereocenters. The Balaban J connectivity index is 1.81. The van der Waals surface area contributed by atoms with E-state index in [0.29, 0.717) is 25.4 Å². The monoisotopic (exact) mass is 301 g/mol. The Bertz CT molecular complexity index is 654. The number of rotatable bonds is 4. The molecule has 4 nitrogen and oxygen atoms in total. The van der Waals surface area contributed by atoms with Crippen molar-refractivity contribution in [2.75, 3.05) is 18.5 Å². The number of hydrogen-bond acceptors (Lipinski definition) is 3. The summed E-state index contributed by atoms with van der Waals surface area (Å²) in [6.45, 7) is 0.928. The Morgan fingerprint density at radius 1 is 1.18 bits per heavy atom. The molecule has 3 rings (SSSR count). The molecular formula is C17H16FNO3. The van der Waals surface area contributed by atoms with Crippen molar-refractivity contribution in [2.45, 2.75) is 6.42 Å². The topological polar surface area (TPSA) is 47.6 Å². The minimum Gasteiger partial charge on any atom is -0.455 e. The van der Waals surface area contributed by atoms with Crippen molar-refractivity contribution in [3.8, 4) is 11.5 Å². The number of carbonyl (C=O) groups excluding carboxylic acids is 1. The first kappa shape index (κ1) is 14.5. The smallest absolute Gasteiger partial charge is 0.230 e. The molecule has 2 aromatic rings. The molecule has 1 saturated heterocycles. The molecule has 1 fully saturated rings. The molecule has 22 heavy (non-hydrogen) atoms. The molecule has 0 spiro atoms. The number of carbonyl (C=O) groups is 1. The number of para-hydroxylation sites is 2. The lowest BCUT2D eigenvalue weighted by molar-refractivity contribution is -0.119. The average Bonchev–Trinajstić information content (AvgIpc) is 3.06. The van der Waals surface area contributed by atoms with E-state index < -0.39 is 5.82 Å². The van der Waals surface area contributed by atoms with Crippen molar-refractivity contribution in [1.82, 2.24) is 0 Å². The van der Waals surface area contributed by atoms with Crippen LogP contribution in [0.5, 0.6) is 11.5 Å². The first-order chi connectivity index (χ1) is 10.7. The molecule has 5 heteroatoms. The highest BCUT2D eigenvalue weighted by Crippen LogP contribution is 2.32. The van der Waals surface area contributed by atoms with E-state index in [1.54, 1.807) is 24.3 Å². The molecule has 0 bridgehead atoms. The van der Waals surface area contributed by atoms with Gasteiger partial charge in [0, 0.05) is 6.61 Å². The van der Waals surface area contributed by atoms with Gasteiger partial charge in [0.25, 0.3) is 0 Å². The van der Waals surface area contributed by atoms with Gasteiger partial charge in [0.15, 0.2) is 11.6 Å². The number of benzene rings is 2. The van der Waals surface area contributed by atoms with E-state index in [-0.39, 0.29) is 23.3 Å². The molecule has 0 aliphatic carbocycles. The summed E-state index contributed by atoms with van der Waals surface area (Å²) >= 11 is 0. The Hall–Kier alpha value is -2.40. The standard InChI is InChI=1S/C17H16FNO3/c18-14-7-4-8-15(22-13-5-2-1-3-6-13)16(14)19-17(20)12-9-10-21-11-12/h1-8,12H,9-11H2,(H,19,20)/t12-/m0/s1. The van der Waals surface area contributed by atoms with Gasteiger partial charge < -0.3 is 14.8 Å². The maximum Gasteiger partial charge on any atom is 0.230 e. The van der Waals surface area contributed by atoms with Crippen molar-refractivity contribution < 1.29 is 18.7 Å². The zero-order valence-electron chi connectivity index (χ0n) is 11.9. The van der Waals surface area contributed by atoms with Gasteiger partial charge in [-0.2, -0.15) is 0 Å². The number of halogens is 1. The zero-order chi connectivity index (χ0) is 15.4. The number of ether oxygens (including phenoxy) is 2. The van der Waals surface area contributed by atoms with Crippen LogP contribution in [0, 0.1) is 11.7 Å². The van der Waals surface area contributed by atoms with Gasteiger partial charge in [0.05, 0.1) is 12.5 Å². The van der Waals surface area contributed by atoms with Gasteiger partial charge in [-0.15, -0.1) is 0 Å². The van der Waals surface area contributed by atoms with Crippen LogP contribution in [0.1, 0.15) is 6.42 Å². The summed E-state index contributed by atoms with van der Waals surface area (Å²) in [7, 11) is 0. The summed E-state index contributed by atoms with van der Waals surface area (Å²) in [6.07, 6.45) is 0.648. The fourth-order valence-electron chi connectivity index (χ4n) is 2.29. The van der Waals surface area contributed by atoms with Crippen LogP contribution in [-0.4, -0.2) is 19.1 Å². The highest BCUT2D eigenvalue weighted by molar-refractivity contribution is 5.94. The summed E-state index contributed by atoms with van der Waals surface area (Å²) in [4.78, 5) is 12.2. The highest BCUT2D eigenvalue weighted by Gasteiger charge is 2.25. The first-order valence-electron chi connectivity index (χ1n) is 7.14. The second kappa shape index (κ2) is 6.58. The maximum absolute atomic E-state index is 14.1. The van der Waals surface area contributed by atoms with Gasteiger partial charge in [0.1, 0.15) is 11.4 Å². The Labute approximate surface area is 127 Å². The van der Waals surface area contributed by atoms with E-state index >= 15 is 0 Å². The van der Waals surface area contributed by atoms with Crippen molar-refractivity contribution in [3.63, 3.8) is 0 Å². The van der Waals surface area contributed by atoms with E-state index in [1.807, 2.05) is 18.2 Å². The Morgan fingerprint density at radius 2 is 2.00 bits per heavy atom. The lowest BCUT2D eigenvalue weighted by Crippen LogP contribution is -2.23. The van der Waals surface area contributed by atoms with E-state index in [9.17, 15) is 9.18 Å². The van der Waals surface area contributed by atoms with E-state index in [4.69, 9.17) is 9.47 Å². The normalized spacial score (nSPS) is 17.2. The molecule has 1 N–H and O–H groups in total. The van der Waals surface area contributed by atoms with Crippen LogP contribution in [0.3, 0.4) is 0 Å². The fraction of sp³-hybridized carbons (Fsp3) is 0.235. The number of hydrogen-bond donors (Lipinski definition) is 1. The lowest BCUT2D eigenvalue weighted by atomic mass is 10.1. The van der Waals surface area contributed by atoms with Crippen LogP contribution in [0.4, 0.5) is 10.1 Å². The molecule has 1 amide bonds. The van der Waals surface area contributed by atoms with Crippen molar-refractivity contribution in [3.05, 3.63) is 54.3 Å². The predicted octanol–water partition coefficient (Wildman–Crippen LogP) is 3.59. The number of nitrogens with one attached hydrogen (secondary N) is 1. The largest absolute Gasteiger partial charge is 0.455 e. The molecule has 2 aromatic carbocycles. The van der Waals surface area contributed by atoms with Crippen molar-refractivity contribution in [2.24, 2.45) is 5.92 Å². The molecule has 1 heterocycles.